The van der Waals surface area contributed by atoms with E-state index in [-0.39, 0.29) is 5.91 Å². The highest BCUT2D eigenvalue weighted by Crippen LogP contribution is 2.21. The van der Waals surface area contributed by atoms with Gasteiger partial charge in [-0.1, -0.05) is 18.2 Å². The average Bonchev–Trinajstić information content (AvgIpc) is 3.11. The smallest absolute Gasteiger partial charge is 0.240 e. The second-order valence-electron chi connectivity index (χ2n) is 4.85. The van der Waals surface area contributed by atoms with Gasteiger partial charge in [-0.05, 0) is 24.5 Å². The second-order valence-corrected chi connectivity index (χ2v) is 4.85. The molecule has 1 aromatic heterocycles. The summed E-state index contributed by atoms with van der Waals surface area (Å²) in [5.74, 6) is 0.0850. The molecule has 0 unspecified atom stereocenters. The Balaban J connectivity index is 1.88. The van der Waals surface area contributed by atoms with Crippen molar-refractivity contribution in [3.8, 4) is 0 Å². The van der Waals surface area contributed by atoms with E-state index in [0.29, 0.717) is 19.1 Å². The van der Waals surface area contributed by atoms with Gasteiger partial charge in [0.15, 0.2) is 0 Å². The molecule has 3 rings (SSSR count). The third kappa shape index (κ3) is 2.11. The molecule has 0 radical (unpaired) electrons. The van der Waals surface area contributed by atoms with Crippen molar-refractivity contribution in [2.45, 2.75) is 32.0 Å². The Morgan fingerprint density at radius 1 is 1.39 bits per heavy atom. The standard InChI is InChI=1S/C14H17N3O/c15-7-10-8-17(9-14(18)16-11-5-6-11)13-4-2-1-3-12(10)13/h1-4,8,11H,5-7,9,15H2,(H,16,18). The number of carbonyl (C=O) groups is 1. The molecule has 4 nitrogen and oxygen atoms in total. The molecule has 1 amide bonds. The lowest BCUT2D eigenvalue weighted by atomic mass is 10.2. The lowest BCUT2D eigenvalue weighted by Gasteiger charge is -2.05. The molecule has 3 N–H and O–H groups in total. The zero-order valence-corrected chi connectivity index (χ0v) is 10.2. The summed E-state index contributed by atoms with van der Waals surface area (Å²) in [4.78, 5) is 11.8. The number of aromatic nitrogens is 1. The van der Waals surface area contributed by atoms with Gasteiger partial charge in [0.2, 0.25) is 5.91 Å². The Morgan fingerprint density at radius 3 is 2.89 bits per heavy atom. The van der Waals surface area contributed by atoms with Crippen LogP contribution in [0.2, 0.25) is 0 Å². The largest absolute Gasteiger partial charge is 0.352 e. The molecule has 0 bridgehead atoms. The van der Waals surface area contributed by atoms with Crippen molar-refractivity contribution in [2.75, 3.05) is 0 Å². The minimum Gasteiger partial charge on any atom is -0.352 e. The maximum absolute atomic E-state index is 11.8. The molecule has 1 saturated carbocycles. The van der Waals surface area contributed by atoms with Crippen LogP contribution in [0.1, 0.15) is 18.4 Å². The first-order chi connectivity index (χ1) is 8.78. The maximum atomic E-state index is 11.8. The molecule has 1 fully saturated rings. The van der Waals surface area contributed by atoms with Crippen LogP contribution in [0.25, 0.3) is 10.9 Å². The Hall–Kier alpha value is -1.81. The highest BCUT2D eigenvalue weighted by atomic mass is 16.2. The highest BCUT2D eigenvalue weighted by molar-refractivity contribution is 5.86. The predicted octanol–water partition coefficient (Wildman–Crippen LogP) is 1.38. The van der Waals surface area contributed by atoms with Gasteiger partial charge in [0.25, 0.3) is 0 Å². The van der Waals surface area contributed by atoms with Crippen molar-refractivity contribution in [1.29, 1.82) is 0 Å². The van der Waals surface area contributed by atoms with Gasteiger partial charge in [-0.2, -0.15) is 0 Å². The Bertz CT molecular complexity index is 584. The van der Waals surface area contributed by atoms with Gasteiger partial charge in [0.05, 0.1) is 0 Å². The lowest BCUT2D eigenvalue weighted by molar-refractivity contribution is -0.121. The number of para-hydroxylation sites is 1. The molecule has 1 heterocycles. The summed E-state index contributed by atoms with van der Waals surface area (Å²) in [5, 5.41) is 4.14. The monoisotopic (exact) mass is 243 g/mol. The lowest BCUT2D eigenvalue weighted by Crippen LogP contribution is -2.29. The van der Waals surface area contributed by atoms with Crippen LogP contribution in [0.4, 0.5) is 0 Å². The Morgan fingerprint density at radius 2 is 2.17 bits per heavy atom. The number of nitrogens with one attached hydrogen (secondary N) is 1. The summed E-state index contributed by atoms with van der Waals surface area (Å²) in [6.45, 7) is 0.870. The molecule has 0 spiro atoms. The minimum atomic E-state index is 0.0850. The van der Waals surface area contributed by atoms with Gasteiger partial charge in [-0.15, -0.1) is 0 Å². The second kappa shape index (κ2) is 4.46. The zero-order valence-electron chi connectivity index (χ0n) is 10.2. The van der Waals surface area contributed by atoms with Crippen LogP contribution in [-0.2, 0) is 17.9 Å². The molecule has 1 aliphatic rings. The number of nitrogens with two attached hydrogens (primary N) is 1. The summed E-state index contributed by atoms with van der Waals surface area (Å²) < 4.78 is 1.98. The predicted molar refractivity (Wildman–Crippen MR) is 71.0 cm³/mol. The number of nitrogens with zero attached hydrogens (tertiary/aromatic N) is 1. The summed E-state index contributed by atoms with van der Waals surface area (Å²) >= 11 is 0. The van der Waals surface area contributed by atoms with Gasteiger partial charge in [-0.25, -0.2) is 0 Å². The van der Waals surface area contributed by atoms with E-state index in [1.165, 1.54) is 0 Å². The molecule has 1 aromatic carbocycles. The van der Waals surface area contributed by atoms with E-state index in [4.69, 9.17) is 5.73 Å². The van der Waals surface area contributed by atoms with Crippen LogP contribution in [0, 0.1) is 0 Å². The minimum absolute atomic E-state index is 0.0850. The number of fused-ring (bicyclic) bond motifs is 1. The Labute approximate surface area is 106 Å². The van der Waals surface area contributed by atoms with Crippen LogP contribution >= 0.6 is 0 Å². The van der Waals surface area contributed by atoms with Crippen molar-refractivity contribution in [2.24, 2.45) is 5.73 Å². The van der Waals surface area contributed by atoms with Crippen LogP contribution in [-0.4, -0.2) is 16.5 Å². The normalized spacial score (nSPS) is 14.9. The van der Waals surface area contributed by atoms with E-state index < -0.39 is 0 Å². The molecule has 0 saturated heterocycles. The number of carbonyl (C=O) groups excluding carboxylic acids is 1. The summed E-state index contributed by atoms with van der Waals surface area (Å²) in [6.07, 6.45) is 4.22. The number of rotatable bonds is 4. The van der Waals surface area contributed by atoms with Crippen LogP contribution in [0.15, 0.2) is 30.5 Å². The average molecular weight is 243 g/mol. The van der Waals surface area contributed by atoms with E-state index >= 15 is 0 Å². The van der Waals surface area contributed by atoms with Gasteiger partial charge in [0, 0.05) is 29.7 Å². The van der Waals surface area contributed by atoms with Crippen molar-refractivity contribution in [3.63, 3.8) is 0 Å². The van der Waals surface area contributed by atoms with Crippen molar-refractivity contribution in [3.05, 3.63) is 36.0 Å². The molecule has 1 aliphatic carbocycles. The third-order valence-corrected chi connectivity index (χ3v) is 3.35. The summed E-state index contributed by atoms with van der Waals surface area (Å²) in [5.41, 5.74) is 7.90. The highest BCUT2D eigenvalue weighted by Gasteiger charge is 2.23. The number of benzene rings is 1. The van der Waals surface area contributed by atoms with E-state index in [0.717, 1.165) is 29.3 Å². The molecule has 0 aliphatic heterocycles. The van der Waals surface area contributed by atoms with Crippen molar-refractivity contribution in [1.82, 2.24) is 9.88 Å². The van der Waals surface area contributed by atoms with Crippen molar-refractivity contribution >= 4 is 16.8 Å². The Kier molecular flexibility index (Phi) is 2.80. The van der Waals surface area contributed by atoms with Gasteiger partial charge >= 0.3 is 0 Å². The van der Waals surface area contributed by atoms with Gasteiger partial charge < -0.3 is 15.6 Å². The first-order valence-electron chi connectivity index (χ1n) is 6.34. The van der Waals surface area contributed by atoms with E-state index in [1.54, 1.807) is 0 Å². The van der Waals surface area contributed by atoms with Crippen molar-refractivity contribution < 1.29 is 4.79 Å². The molecular weight excluding hydrogens is 226 g/mol. The fourth-order valence-corrected chi connectivity index (χ4v) is 2.27. The SMILES string of the molecule is NCc1cn(CC(=O)NC2CC2)c2ccccc12. The molecular formula is C14H17N3O. The summed E-state index contributed by atoms with van der Waals surface area (Å²) in [7, 11) is 0. The zero-order chi connectivity index (χ0) is 12.5. The van der Waals surface area contributed by atoms with E-state index in [1.807, 2.05) is 35.0 Å². The summed E-state index contributed by atoms with van der Waals surface area (Å²) in [6, 6.07) is 8.47. The topological polar surface area (TPSA) is 60.0 Å². The fraction of sp³-hybridized carbons (Fsp3) is 0.357. The first kappa shape index (κ1) is 11.3. The van der Waals surface area contributed by atoms with Gasteiger partial charge in [-0.3, -0.25) is 4.79 Å². The third-order valence-electron chi connectivity index (χ3n) is 3.35. The molecule has 18 heavy (non-hydrogen) atoms. The number of amides is 1. The van der Waals surface area contributed by atoms with Crippen LogP contribution in [0.3, 0.4) is 0 Å². The quantitative estimate of drug-likeness (QED) is 0.852. The van der Waals surface area contributed by atoms with Gasteiger partial charge in [0.1, 0.15) is 6.54 Å². The first-order valence-corrected chi connectivity index (χ1v) is 6.34. The van der Waals surface area contributed by atoms with Crippen LogP contribution in [0.5, 0.6) is 0 Å². The van der Waals surface area contributed by atoms with E-state index in [2.05, 4.69) is 5.32 Å². The molecule has 94 valence electrons. The fourth-order valence-electron chi connectivity index (χ4n) is 2.27. The molecule has 2 aromatic rings. The number of hydrogen-bond acceptors (Lipinski definition) is 2. The molecule has 0 atom stereocenters. The maximum Gasteiger partial charge on any atom is 0.240 e. The molecule has 4 heteroatoms. The van der Waals surface area contributed by atoms with E-state index in [9.17, 15) is 4.79 Å². The number of hydrogen-bond donors (Lipinski definition) is 2. The van der Waals surface area contributed by atoms with Crippen LogP contribution < -0.4 is 11.1 Å².